The molecule has 0 aliphatic carbocycles. The minimum Gasteiger partial charge on any atom is -0.480 e. The van der Waals surface area contributed by atoms with Gasteiger partial charge in [-0.3, -0.25) is 4.68 Å². The number of piperidine rings is 1. The first kappa shape index (κ1) is 12.4. The summed E-state index contributed by atoms with van der Waals surface area (Å²) in [6.07, 6.45) is 5.38. The number of urea groups is 1. The van der Waals surface area contributed by atoms with E-state index in [1.165, 1.54) is 11.1 Å². The number of amides is 2. The zero-order chi connectivity index (χ0) is 13.1. The highest BCUT2D eigenvalue weighted by Gasteiger charge is 2.31. The van der Waals surface area contributed by atoms with Crippen molar-refractivity contribution in [3.63, 3.8) is 0 Å². The van der Waals surface area contributed by atoms with E-state index < -0.39 is 12.0 Å². The molecule has 7 heteroatoms. The van der Waals surface area contributed by atoms with Crippen LogP contribution in [0.2, 0.25) is 0 Å². The van der Waals surface area contributed by atoms with Crippen LogP contribution < -0.4 is 5.32 Å². The van der Waals surface area contributed by atoms with Gasteiger partial charge >= 0.3 is 12.0 Å². The minimum atomic E-state index is -0.948. The average molecular weight is 252 g/mol. The predicted molar refractivity (Wildman–Crippen MR) is 64.2 cm³/mol. The number of aryl methyl sites for hydroxylation is 1. The average Bonchev–Trinajstić information content (AvgIpc) is 2.74. The number of carboxylic acids is 1. The molecule has 1 saturated heterocycles. The summed E-state index contributed by atoms with van der Waals surface area (Å²) in [4.78, 5) is 24.5. The van der Waals surface area contributed by atoms with Crippen LogP contribution in [0.5, 0.6) is 0 Å². The van der Waals surface area contributed by atoms with E-state index in [0.29, 0.717) is 18.7 Å². The molecule has 7 nitrogen and oxygen atoms in total. The number of nitrogens with one attached hydrogen (secondary N) is 1. The molecule has 1 aliphatic heterocycles. The molecule has 1 unspecified atom stereocenters. The number of anilines is 1. The number of carboxylic acid groups (broad SMARTS) is 1. The standard InChI is InChI=1S/C11H16N4O3/c1-14-7-8(6-12-14)13-11(18)15-5-3-2-4-9(15)10(16)17/h6-7,9H,2-5H2,1H3,(H,13,18)(H,16,17). The number of hydrogen-bond donors (Lipinski definition) is 2. The molecular formula is C11H16N4O3. The second-order valence-corrected chi connectivity index (χ2v) is 4.38. The zero-order valence-electron chi connectivity index (χ0n) is 10.2. The molecule has 2 amide bonds. The quantitative estimate of drug-likeness (QED) is 0.818. The Bertz CT molecular complexity index is 457. The summed E-state index contributed by atoms with van der Waals surface area (Å²) >= 11 is 0. The van der Waals surface area contributed by atoms with Crippen LogP contribution in [-0.4, -0.2) is 44.4 Å². The van der Waals surface area contributed by atoms with E-state index in [4.69, 9.17) is 5.11 Å². The molecule has 2 heterocycles. The predicted octanol–water partition coefficient (Wildman–Crippen LogP) is 0.891. The van der Waals surface area contributed by atoms with Gasteiger partial charge in [-0.05, 0) is 19.3 Å². The second-order valence-electron chi connectivity index (χ2n) is 4.38. The molecular weight excluding hydrogens is 236 g/mol. The van der Waals surface area contributed by atoms with E-state index in [-0.39, 0.29) is 6.03 Å². The van der Waals surface area contributed by atoms with Gasteiger partial charge in [-0.15, -0.1) is 0 Å². The maximum atomic E-state index is 12.0. The summed E-state index contributed by atoms with van der Waals surface area (Å²) in [5.74, 6) is -0.948. The van der Waals surface area contributed by atoms with E-state index in [2.05, 4.69) is 10.4 Å². The van der Waals surface area contributed by atoms with Gasteiger partial charge in [0.25, 0.3) is 0 Å². The van der Waals surface area contributed by atoms with Crippen molar-refractivity contribution in [3.8, 4) is 0 Å². The van der Waals surface area contributed by atoms with Crippen molar-refractivity contribution in [1.82, 2.24) is 14.7 Å². The summed E-state index contributed by atoms with van der Waals surface area (Å²) in [6, 6.07) is -1.11. The van der Waals surface area contributed by atoms with Crippen LogP contribution in [0.15, 0.2) is 12.4 Å². The first-order valence-corrected chi connectivity index (χ1v) is 5.87. The van der Waals surface area contributed by atoms with Gasteiger partial charge in [-0.1, -0.05) is 0 Å². The first-order valence-electron chi connectivity index (χ1n) is 5.87. The number of hydrogen-bond acceptors (Lipinski definition) is 3. The Kier molecular flexibility index (Phi) is 3.50. The molecule has 0 radical (unpaired) electrons. The van der Waals surface area contributed by atoms with Crippen molar-refractivity contribution in [2.45, 2.75) is 25.3 Å². The van der Waals surface area contributed by atoms with Crippen LogP contribution in [0.25, 0.3) is 0 Å². The Hall–Kier alpha value is -2.05. The maximum Gasteiger partial charge on any atom is 0.326 e. The van der Waals surface area contributed by atoms with Crippen LogP contribution in [0.1, 0.15) is 19.3 Å². The van der Waals surface area contributed by atoms with Gasteiger partial charge in [0.1, 0.15) is 6.04 Å². The summed E-state index contributed by atoms with van der Waals surface area (Å²) in [6.45, 7) is 0.475. The number of likely N-dealkylation sites (tertiary alicyclic amines) is 1. The number of carbonyl (C=O) groups excluding carboxylic acids is 1. The molecule has 2 N–H and O–H groups in total. The number of rotatable bonds is 2. The van der Waals surface area contributed by atoms with Gasteiger partial charge in [-0.25, -0.2) is 9.59 Å². The lowest BCUT2D eigenvalue weighted by molar-refractivity contribution is -0.143. The fourth-order valence-corrected chi connectivity index (χ4v) is 2.11. The monoisotopic (exact) mass is 252 g/mol. The number of aliphatic carboxylic acids is 1. The van der Waals surface area contributed by atoms with Crippen molar-refractivity contribution < 1.29 is 14.7 Å². The van der Waals surface area contributed by atoms with E-state index in [0.717, 1.165) is 12.8 Å². The molecule has 98 valence electrons. The highest BCUT2D eigenvalue weighted by molar-refractivity contribution is 5.92. The molecule has 18 heavy (non-hydrogen) atoms. The van der Waals surface area contributed by atoms with Crippen LogP contribution >= 0.6 is 0 Å². The van der Waals surface area contributed by atoms with Crippen molar-refractivity contribution in [2.24, 2.45) is 7.05 Å². The van der Waals surface area contributed by atoms with Gasteiger partial charge in [-0.2, -0.15) is 5.10 Å². The molecule has 1 fully saturated rings. The molecule has 0 bridgehead atoms. The summed E-state index contributed by atoms with van der Waals surface area (Å²) in [5, 5.41) is 15.7. The molecule has 0 saturated carbocycles. The molecule has 1 aromatic heterocycles. The van der Waals surface area contributed by atoms with E-state index in [1.54, 1.807) is 17.9 Å². The molecule has 1 aromatic rings. The summed E-state index contributed by atoms with van der Waals surface area (Å²) in [5.41, 5.74) is 0.567. The lowest BCUT2D eigenvalue weighted by atomic mass is 10.0. The third-order valence-corrected chi connectivity index (χ3v) is 3.00. The third-order valence-electron chi connectivity index (χ3n) is 3.00. The van der Waals surface area contributed by atoms with Crippen molar-refractivity contribution in [1.29, 1.82) is 0 Å². The fourth-order valence-electron chi connectivity index (χ4n) is 2.11. The van der Waals surface area contributed by atoms with Crippen molar-refractivity contribution >= 4 is 17.7 Å². The Morgan fingerprint density at radius 3 is 2.89 bits per heavy atom. The molecule has 1 atom stereocenters. The molecule has 2 rings (SSSR count). The summed E-state index contributed by atoms with van der Waals surface area (Å²) in [7, 11) is 1.75. The Balaban J connectivity index is 2.04. The maximum absolute atomic E-state index is 12.0. The topological polar surface area (TPSA) is 87.5 Å². The number of nitrogens with zero attached hydrogens (tertiary/aromatic N) is 3. The van der Waals surface area contributed by atoms with E-state index in [9.17, 15) is 9.59 Å². The van der Waals surface area contributed by atoms with Crippen LogP contribution in [-0.2, 0) is 11.8 Å². The lowest BCUT2D eigenvalue weighted by Crippen LogP contribution is -2.49. The van der Waals surface area contributed by atoms with Crippen molar-refractivity contribution in [2.75, 3.05) is 11.9 Å². The smallest absolute Gasteiger partial charge is 0.326 e. The van der Waals surface area contributed by atoms with Gasteiger partial charge in [0, 0.05) is 19.8 Å². The van der Waals surface area contributed by atoms with Crippen molar-refractivity contribution in [3.05, 3.63) is 12.4 Å². The second kappa shape index (κ2) is 5.07. The highest BCUT2D eigenvalue weighted by atomic mass is 16.4. The highest BCUT2D eigenvalue weighted by Crippen LogP contribution is 2.18. The van der Waals surface area contributed by atoms with E-state index in [1.807, 2.05) is 0 Å². The van der Waals surface area contributed by atoms with E-state index >= 15 is 0 Å². The largest absolute Gasteiger partial charge is 0.480 e. The minimum absolute atomic E-state index is 0.380. The summed E-state index contributed by atoms with van der Waals surface area (Å²) < 4.78 is 1.57. The van der Waals surface area contributed by atoms with Gasteiger partial charge in [0.2, 0.25) is 0 Å². The molecule has 0 aromatic carbocycles. The van der Waals surface area contributed by atoms with Gasteiger partial charge in [0.15, 0.2) is 0 Å². The Morgan fingerprint density at radius 1 is 1.50 bits per heavy atom. The SMILES string of the molecule is Cn1cc(NC(=O)N2CCCCC2C(=O)O)cn1. The van der Waals surface area contributed by atoms with Gasteiger partial charge < -0.3 is 15.3 Å². The number of carbonyl (C=O) groups is 2. The Morgan fingerprint density at radius 2 is 2.28 bits per heavy atom. The van der Waals surface area contributed by atoms with Crippen LogP contribution in [0.3, 0.4) is 0 Å². The Labute approximate surface area is 104 Å². The first-order chi connectivity index (χ1) is 8.58. The number of aromatic nitrogens is 2. The molecule has 0 spiro atoms. The fraction of sp³-hybridized carbons (Fsp3) is 0.545. The lowest BCUT2D eigenvalue weighted by Gasteiger charge is -2.32. The van der Waals surface area contributed by atoms with Gasteiger partial charge in [0.05, 0.1) is 11.9 Å². The van der Waals surface area contributed by atoms with Crippen LogP contribution in [0, 0.1) is 0 Å². The molecule has 1 aliphatic rings. The van der Waals surface area contributed by atoms with Crippen LogP contribution in [0.4, 0.5) is 10.5 Å². The normalized spacial score (nSPS) is 19.6. The third kappa shape index (κ3) is 2.61. The zero-order valence-corrected chi connectivity index (χ0v) is 10.2.